The lowest BCUT2D eigenvalue weighted by atomic mass is 9.99. The smallest absolute Gasteiger partial charge is 0.328 e. The minimum Gasteiger partial charge on any atom is -0.467 e. The molecule has 150 valence electrons. The molecule has 28 heavy (non-hydrogen) atoms. The van der Waals surface area contributed by atoms with E-state index in [1.54, 1.807) is 31.2 Å². The van der Waals surface area contributed by atoms with Gasteiger partial charge in [-0.1, -0.05) is 32.4 Å². The van der Waals surface area contributed by atoms with Crippen LogP contribution in [0.4, 0.5) is 0 Å². The van der Waals surface area contributed by atoms with Crippen molar-refractivity contribution >= 4 is 28.7 Å². The Morgan fingerprint density at radius 3 is 2.64 bits per heavy atom. The topological polar surface area (TPSA) is 117 Å². The molecule has 1 aromatic heterocycles. The predicted molar refractivity (Wildman–Crippen MR) is 100 cm³/mol. The van der Waals surface area contributed by atoms with E-state index in [2.05, 4.69) is 15.0 Å². The van der Waals surface area contributed by atoms with E-state index in [-0.39, 0.29) is 18.0 Å². The fourth-order valence-electron chi connectivity index (χ4n) is 2.56. The Bertz CT molecular complexity index is 923. The van der Waals surface area contributed by atoms with Gasteiger partial charge in [0.1, 0.15) is 12.6 Å². The van der Waals surface area contributed by atoms with Crippen molar-refractivity contribution < 1.29 is 23.9 Å². The number of benzene rings is 1. The van der Waals surface area contributed by atoms with Gasteiger partial charge in [0.2, 0.25) is 0 Å². The molecule has 9 heteroatoms. The fraction of sp³-hybridized carbons (Fsp3) is 0.421. The lowest BCUT2D eigenvalue weighted by Crippen LogP contribution is -2.47. The number of esters is 2. The Morgan fingerprint density at radius 1 is 1.25 bits per heavy atom. The van der Waals surface area contributed by atoms with Gasteiger partial charge in [0.15, 0.2) is 6.61 Å². The number of methoxy groups -OCH3 is 1. The minimum atomic E-state index is -0.825. The van der Waals surface area contributed by atoms with Crippen molar-refractivity contribution in [3.63, 3.8) is 0 Å². The van der Waals surface area contributed by atoms with E-state index < -0.39 is 30.5 Å². The highest BCUT2D eigenvalue weighted by Gasteiger charge is 2.27. The predicted octanol–water partition coefficient (Wildman–Crippen LogP) is 0.644. The van der Waals surface area contributed by atoms with Crippen LogP contribution in [0.1, 0.15) is 20.3 Å². The zero-order valence-electron chi connectivity index (χ0n) is 16.0. The van der Waals surface area contributed by atoms with Crippen LogP contribution < -0.4 is 10.9 Å². The normalized spacial score (nSPS) is 12.8. The first-order valence-corrected chi connectivity index (χ1v) is 8.84. The Balaban J connectivity index is 1.95. The number of hydrogen-bond acceptors (Lipinski definition) is 7. The van der Waals surface area contributed by atoms with Gasteiger partial charge in [0.25, 0.3) is 11.5 Å². The van der Waals surface area contributed by atoms with Gasteiger partial charge in [-0.05, 0) is 18.1 Å². The number of aromatic nitrogens is 2. The van der Waals surface area contributed by atoms with E-state index in [1.807, 2.05) is 6.92 Å². The van der Waals surface area contributed by atoms with Crippen LogP contribution in [-0.4, -0.2) is 47.2 Å². The second kappa shape index (κ2) is 9.63. The van der Waals surface area contributed by atoms with Crippen molar-refractivity contribution in [3.05, 3.63) is 40.9 Å². The van der Waals surface area contributed by atoms with Crippen LogP contribution in [0.2, 0.25) is 0 Å². The van der Waals surface area contributed by atoms with E-state index in [0.717, 1.165) is 4.57 Å². The maximum Gasteiger partial charge on any atom is 0.328 e. The molecule has 0 saturated heterocycles. The Kier molecular flexibility index (Phi) is 7.25. The number of rotatable bonds is 8. The average Bonchev–Trinajstić information content (AvgIpc) is 2.71. The first kappa shape index (κ1) is 21.1. The van der Waals surface area contributed by atoms with Crippen molar-refractivity contribution in [1.29, 1.82) is 0 Å². The second-order valence-corrected chi connectivity index (χ2v) is 6.31. The summed E-state index contributed by atoms with van der Waals surface area (Å²) in [6.07, 6.45) is 1.90. The molecule has 0 fully saturated rings. The van der Waals surface area contributed by atoms with Crippen LogP contribution in [-0.2, 0) is 30.4 Å². The van der Waals surface area contributed by atoms with Crippen molar-refractivity contribution in [1.82, 2.24) is 14.9 Å². The fourth-order valence-corrected chi connectivity index (χ4v) is 2.56. The molecule has 1 heterocycles. The van der Waals surface area contributed by atoms with Gasteiger partial charge in [0, 0.05) is 0 Å². The standard InChI is InChI=1S/C19H23N3O6/c1-4-12(2)17(19(26)27-3)21-15(23)10-28-16(24)9-22-11-20-14-8-6-5-7-13(14)18(22)25/h5-8,11-12,17H,4,9-10H2,1-3H3,(H,21,23)/t12-,17-/m0/s1. The SMILES string of the molecule is CC[C@H](C)[C@H](NC(=O)COC(=O)Cn1cnc2ccccc2c1=O)C(=O)OC. The molecular formula is C19H23N3O6. The number of fused-ring (bicyclic) bond motifs is 1. The molecule has 0 aliphatic rings. The zero-order valence-corrected chi connectivity index (χ0v) is 16.0. The molecule has 0 unspecified atom stereocenters. The molecule has 0 spiro atoms. The molecule has 2 aromatic rings. The highest BCUT2D eigenvalue weighted by molar-refractivity contribution is 5.86. The van der Waals surface area contributed by atoms with E-state index in [0.29, 0.717) is 17.3 Å². The molecule has 1 N–H and O–H groups in total. The van der Waals surface area contributed by atoms with Crippen molar-refractivity contribution in [2.24, 2.45) is 5.92 Å². The van der Waals surface area contributed by atoms with E-state index in [4.69, 9.17) is 4.74 Å². The molecule has 0 radical (unpaired) electrons. The first-order valence-electron chi connectivity index (χ1n) is 8.84. The van der Waals surface area contributed by atoms with Gasteiger partial charge in [-0.3, -0.25) is 19.0 Å². The van der Waals surface area contributed by atoms with Crippen LogP contribution in [0.5, 0.6) is 0 Å². The summed E-state index contributed by atoms with van der Waals surface area (Å²) in [6, 6.07) is 5.94. The molecule has 1 amide bonds. The largest absolute Gasteiger partial charge is 0.467 e. The summed E-state index contributed by atoms with van der Waals surface area (Å²) in [5.74, 6) is -2.11. The summed E-state index contributed by atoms with van der Waals surface area (Å²) >= 11 is 0. The Labute approximate surface area is 161 Å². The lowest BCUT2D eigenvalue weighted by Gasteiger charge is -2.21. The Hall–Kier alpha value is -3.23. The van der Waals surface area contributed by atoms with Gasteiger partial charge in [-0.2, -0.15) is 0 Å². The van der Waals surface area contributed by atoms with Crippen LogP contribution in [0.15, 0.2) is 35.4 Å². The number of amides is 1. The number of carbonyl (C=O) groups is 3. The highest BCUT2D eigenvalue weighted by atomic mass is 16.5. The average molecular weight is 389 g/mol. The number of carbonyl (C=O) groups excluding carboxylic acids is 3. The van der Waals surface area contributed by atoms with E-state index >= 15 is 0 Å². The third-order valence-corrected chi connectivity index (χ3v) is 4.38. The van der Waals surface area contributed by atoms with Crippen molar-refractivity contribution in [2.45, 2.75) is 32.9 Å². The third-order valence-electron chi connectivity index (χ3n) is 4.38. The quantitative estimate of drug-likeness (QED) is 0.659. The molecule has 0 aliphatic heterocycles. The number of para-hydroxylation sites is 1. The molecule has 2 rings (SSSR count). The minimum absolute atomic E-state index is 0.144. The van der Waals surface area contributed by atoms with Gasteiger partial charge >= 0.3 is 11.9 Å². The van der Waals surface area contributed by atoms with E-state index in [1.165, 1.54) is 13.4 Å². The van der Waals surface area contributed by atoms with Gasteiger partial charge in [0.05, 0.1) is 24.3 Å². The molecule has 0 bridgehead atoms. The maximum absolute atomic E-state index is 12.3. The maximum atomic E-state index is 12.3. The molecule has 0 saturated carbocycles. The molecule has 2 atom stereocenters. The van der Waals surface area contributed by atoms with Crippen molar-refractivity contribution in [3.8, 4) is 0 Å². The number of nitrogens with one attached hydrogen (secondary N) is 1. The zero-order chi connectivity index (χ0) is 20.7. The monoisotopic (exact) mass is 389 g/mol. The summed E-state index contributed by atoms with van der Waals surface area (Å²) in [5.41, 5.74) is 0.143. The number of ether oxygens (including phenoxy) is 2. The second-order valence-electron chi connectivity index (χ2n) is 6.31. The third kappa shape index (κ3) is 5.15. The van der Waals surface area contributed by atoms with Gasteiger partial charge < -0.3 is 14.8 Å². The Morgan fingerprint density at radius 2 is 1.96 bits per heavy atom. The van der Waals surface area contributed by atoms with Gasteiger partial charge in [-0.15, -0.1) is 0 Å². The van der Waals surface area contributed by atoms with Crippen LogP contribution in [0.25, 0.3) is 10.9 Å². The summed E-state index contributed by atoms with van der Waals surface area (Å²) in [5, 5.41) is 2.88. The highest BCUT2D eigenvalue weighted by Crippen LogP contribution is 2.09. The summed E-state index contributed by atoms with van der Waals surface area (Å²) < 4.78 is 10.7. The molecular weight excluding hydrogens is 366 g/mol. The van der Waals surface area contributed by atoms with Crippen LogP contribution >= 0.6 is 0 Å². The number of nitrogens with zero attached hydrogens (tertiary/aromatic N) is 2. The van der Waals surface area contributed by atoms with Crippen molar-refractivity contribution in [2.75, 3.05) is 13.7 Å². The summed E-state index contributed by atoms with van der Waals surface area (Å²) in [7, 11) is 1.24. The number of hydrogen-bond donors (Lipinski definition) is 1. The summed E-state index contributed by atoms with van der Waals surface area (Å²) in [4.78, 5) is 52.2. The van der Waals surface area contributed by atoms with Gasteiger partial charge in [-0.25, -0.2) is 9.78 Å². The van der Waals surface area contributed by atoms with Crippen LogP contribution in [0.3, 0.4) is 0 Å². The lowest BCUT2D eigenvalue weighted by molar-refractivity contribution is -0.151. The van der Waals surface area contributed by atoms with E-state index in [9.17, 15) is 19.2 Å². The first-order chi connectivity index (χ1) is 13.4. The molecule has 1 aromatic carbocycles. The van der Waals surface area contributed by atoms with Crippen LogP contribution in [0, 0.1) is 5.92 Å². The molecule has 9 nitrogen and oxygen atoms in total. The molecule has 0 aliphatic carbocycles. The summed E-state index contributed by atoms with van der Waals surface area (Å²) in [6.45, 7) is 2.73.